The first-order valence-corrected chi connectivity index (χ1v) is 6.38. The average molecular weight is 281 g/mol. The van der Waals surface area contributed by atoms with E-state index in [1.165, 1.54) is 0 Å². The molecule has 0 fully saturated rings. The molecule has 0 aliphatic carbocycles. The van der Waals surface area contributed by atoms with Gasteiger partial charge in [-0.05, 0) is 18.1 Å². The number of nitrogens with zero attached hydrogens (tertiary/aromatic N) is 3. The summed E-state index contributed by atoms with van der Waals surface area (Å²) in [4.78, 5) is 4.16. The second-order valence-corrected chi connectivity index (χ2v) is 4.77. The Morgan fingerprint density at radius 3 is 2.89 bits per heavy atom. The van der Waals surface area contributed by atoms with Crippen molar-refractivity contribution in [1.82, 2.24) is 14.8 Å². The number of halogens is 1. The van der Waals surface area contributed by atoms with Crippen molar-refractivity contribution in [1.29, 1.82) is 0 Å². The van der Waals surface area contributed by atoms with Gasteiger partial charge in [-0.15, -0.1) is 0 Å². The van der Waals surface area contributed by atoms with Crippen LogP contribution < -0.4 is 5.73 Å². The van der Waals surface area contributed by atoms with Gasteiger partial charge in [-0.3, -0.25) is 9.67 Å². The molecule has 0 aromatic carbocycles. The molecule has 2 N–H and O–H groups in total. The third kappa shape index (κ3) is 3.12. The van der Waals surface area contributed by atoms with Crippen molar-refractivity contribution in [2.45, 2.75) is 19.5 Å². The van der Waals surface area contributed by atoms with E-state index in [1.54, 1.807) is 30.4 Å². The van der Waals surface area contributed by atoms with Crippen molar-refractivity contribution in [3.05, 3.63) is 46.5 Å². The highest BCUT2D eigenvalue weighted by molar-refractivity contribution is 6.31. The van der Waals surface area contributed by atoms with Crippen LogP contribution in [0.3, 0.4) is 0 Å². The highest BCUT2D eigenvalue weighted by Crippen LogP contribution is 2.26. The number of rotatable bonds is 5. The fraction of sp³-hybridized carbons (Fsp3) is 0.385. The van der Waals surface area contributed by atoms with Gasteiger partial charge in [0.1, 0.15) is 0 Å². The molecular weight excluding hydrogens is 264 g/mol. The lowest BCUT2D eigenvalue weighted by molar-refractivity contribution is 0.182. The molecule has 6 heteroatoms. The second kappa shape index (κ2) is 6.14. The lowest BCUT2D eigenvalue weighted by Crippen LogP contribution is -2.19. The summed E-state index contributed by atoms with van der Waals surface area (Å²) in [6, 6.07) is 1.65. The van der Waals surface area contributed by atoms with Crippen LogP contribution in [0.5, 0.6) is 0 Å². The molecule has 5 nitrogen and oxygen atoms in total. The summed E-state index contributed by atoms with van der Waals surface area (Å²) in [6.45, 7) is 3.16. The molecule has 0 aliphatic heterocycles. The van der Waals surface area contributed by atoms with Gasteiger partial charge in [-0.25, -0.2) is 0 Å². The maximum atomic E-state index is 6.28. The summed E-state index contributed by atoms with van der Waals surface area (Å²) in [5, 5.41) is 4.79. The molecule has 2 rings (SSSR count). The molecular formula is C13H17ClN4O. The van der Waals surface area contributed by atoms with Crippen molar-refractivity contribution in [3.63, 3.8) is 0 Å². The summed E-state index contributed by atoms with van der Waals surface area (Å²) in [5.41, 5.74) is 9.04. The SMILES string of the molecule is COCCn1ncc(Cl)c1C(N)c1cncc(C)c1. The predicted molar refractivity (Wildman–Crippen MR) is 74.1 cm³/mol. The Kier molecular flexibility index (Phi) is 4.52. The third-order valence-electron chi connectivity index (χ3n) is 2.89. The van der Waals surface area contributed by atoms with Crippen LogP contribution in [0.2, 0.25) is 5.02 Å². The molecule has 2 aromatic rings. The number of hydrogen-bond donors (Lipinski definition) is 1. The molecule has 0 bridgehead atoms. The number of aryl methyl sites for hydroxylation is 1. The largest absolute Gasteiger partial charge is 0.383 e. The first-order valence-electron chi connectivity index (χ1n) is 6.00. The van der Waals surface area contributed by atoms with Crippen LogP contribution in [0.1, 0.15) is 22.9 Å². The average Bonchev–Trinajstić information content (AvgIpc) is 2.76. The first kappa shape index (κ1) is 14.0. The monoisotopic (exact) mass is 280 g/mol. The molecule has 0 amide bonds. The topological polar surface area (TPSA) is 66.0 Å². The van der Waals surface area contributed by atoms with Crippen LogP contribution in [-0.2, 0) is 11.3 Å². The molecule has 2 heterocycles. The van der Waals surface area contributed by atoms with Crippen molar-refractivity contribution >= 4 is 11.6 Å². The van der Waals surface area contributed by atoms with Gasteiger partial charge in [0.25, 0.3) is 0 Å². The van der Waals surface area contributed by atoms with Crippen LogP contribution in [0.15, 0.2) is 24.7 Å². The van der Waals surface area contributed by atoms with Gasteiger partial charge in [0.05, 0.1) is 36.1 Å². The maximum Gasteiger partial charge on any atom is 0.0837 e. The Hall–Kier alpha value is -1.43. The van der Waals surface area contributed by atoms with E-state index in [9.17, 15) is 0 Å². The van der Waals surface area contributed by atoms with E-state index in [0.717, 1.165) is 16.8 Å². The van der Waals surface area contributed by atoms with E-state index >= 15 is 0 Å². The number of nitrogens with two attached hydrogens (primary N) is 1. The summed E-state index contributed by atoms with van der Waals surface area (Å²) in [5.74, 6) is 0. The van der Waals surface area contributed by atoms with Crippen molar-refractivity contribution < 1.29 is 4.74 Å². The van der Waals surface area contributed by atoms with Gasteiger partial charge in [0.15, 0.2) is 0 Å². The van der Waals surface area contributed by atoms with E-state index in [1.807, 2.05) is 13.0 Å². The van der Waals surface area contributed by atoms with E-state index in [2.05, 4.69) is 10.1 Å². The zero-order valence-electron chi connectivity index (χ0n) is 11.0. The van der Waals surface area contributed by atoms with Gasteiger partial charge in [0, 0.05) is 19.5 Å². The van der Waals surface area contributed by atoms with Crippen LogP contribution in [0, 0.1) is 6.92 Å². The smallest absolute Gasteiger partial charge is 0.0837 e. The van der Waals surface area contributed by atoms with Gasteiger partial charge in [-0.2, -0.15) is 5.10 Å². The molecule has 0 saturated carbocycles. The van der Waals surface area contributed by atoms with Crippen molar-refractivity contribution in [2.75, 3.05) is 13.7 Å². The minimum Gasteiger partial charge on any atom is -0.383 e. The number of hydrogen-bond acceptors (Lipinski definition) is 4. The molecule has 2 aromatic heterocycles. The Bertz CT molecular complexity index is 555. The number of aromatic nitrogens is 3. The van der Waals surface area contributed by atoms with Crippen LogP contribution in [-0.4, -0.2) is 28.5 Å². The molecule has 1 unspecified atom stereocenters. The maximum absolute atomic E-state index is 6.28. The Morgan fingerprint density at radius 1 is 1.42 bits per heavy atom. The zero-order chi connectivity index (χ0) is 13.8. The van der Waals surface area contributed by atoms with Gasteiger partial charge in [0.2, 0.25) is 0 Å². The molecule has 19 heavy (non-hydrogen) atoms. The molecule has 0 aliphatic rings. The van der Waals surface area contributed by atoms with E-state index in [4.69, 9.17) is 22.1 Å². The molecule has 102 valence electrons. The summed E-state index contributed by atoms with van der Waals surface area (Å²) >= 11 is 6.18. The molecule has 0 radical (unpaired) electrons. The van der Waals surface area contributed by atoms with Crippen molar-refractivity contribution in [3.8, 4) is 0 Å². The Morgan fingerprint density at radius 2 is 2.21 bits per heavy atom. The lowest BCUT2D eigenvalue weighted by Gasteiger charge is -2.15. The molecule has 1 atom stereocenters. The van der Waals surface area contributed by atoms with Gasteiger partial charge in [-0.1, -0.05) is 17.7 Å². The Balaban J connectivity index is 2.32. The molecule has 0 saturated heterocycles. The summed E-state index contributed by atoms with van der Waals surface area (Å²) in [7, 11) is 1.65. The van der Waals surface area contributed by atoms with E-state index in [0.29, 0.717) is 18.2 Å². The fourth-order valence-corrected chi connectivity index (χ4v) is 2.20. The quantitative estimate of drug-likeness (QED) is 0.909. The lowest BCUT2D eigenvalue weighted by atomic mass is 10.1. The standard InChI is InChI=1S/C13H17ClN4O/c1-9-5-10(7-16-6-9)12(15)13-11(14)8-17-18(13)3-4-19-2/h5-8,12H,3-4,15H2,1-2H3. The zero-order valence-corrected chi connectivity index (χ0v) is 11.8. The van der Waals surface area contributed by atoms with Crippen LogP contribution in [0.4, 0.5) is 0 Å². The summed E-state index contributed by atoms with van der Waals surface area (Å²) < 4.78 is 6.83. The third-order valence-corrected chi connectivity index (χ3v) is 3.18. The number of ether oxygens (including phenoxy) is 1. The van der Waals surface area contributed by atoms with Crippen LogP contribution >= 0.6 is 11.6 Å². The highest BCUT2D eigenvalue weighted by Gasteiger charge is 2.18. The summed E-state index contributed by atoms with van der Waals surface area (Å²) in [6.07, 6.45) is 5.15. The van der Waals surface area contributed by atoms with Gasteiger partial charge < -0.3 is 10.5 Å². The normalized spacial score (nSPS) is 12.6. The number of methoxy groups -OCH3 is 1. The highest BCUT2D eigenvalue weighted by atomic mass is 35.5. The minimum atomic E-state index is -0.348. The molecule has 0 spiro atoms. The second-order valence-electron chi connectivity index (χ2n) is 4.37. The van der Waals surface area contributed by atoms with E-state index < -0.39 is 0 Å². The fourth-order valence-electron chi connectivity index (χ4n) is 1.94. The first-order chi connectivity index (χ1) is 9.13. The minimum absolute atomic E-state index is 0.348. The van der Waals surface area contributed by atoms with Crippen LogP contribution in [0.25, 0.3) is 0 Å². The van der Waals surface area contributed by atoms with Gasteiger partial charge >= 0.3 is 0 Å². The van der Waals surface area contributed by atoms with Crippen molar-refractivity contribution in [2.24, 2.45) is 5.73 Å². The van der Waals surface area contributed by atoms with E-state index in [-0.39, 0.29) is 6.04 Å². The Labute approximate surface area is 117 Å². The number of pyridine rings is 1. The predicted octanol–water partition coefficient (Wildman–Crippen LogP) is 1.93.